The Balaban J connectivity index is 2.06. The Labute approximate surface area is 112 Å². The number of nitrogens with one attached hydrogen (secondary N) is 1. The maximum Gasteiger partial charge on any atom is 0.138 e. The summed E-state index contributed by atoms with van der Waals surface area (Å²) in [6.07, 6.45) is 0. The molecule has 4 heteroatoms. The largest absolute Gasteiger partial charge is 0.506 e. The van der Waals surface area contributed by atoms with Crippen molar-refractivity contribution in [1.82, 2.24) is 10.3 Å². The molecule has 100 valence electrons. The number of aryl methyl sites for hydroxylation is 1. The van der Waals surface area contributed by atoms with Crippen molar-refractivity contribution in [3.8, 4) is 5.75 Å². The average Bonchev–Trinajstić information content (AvgIpc) is 2.44. The lowest BCUT2D eigenvalue weighted by atomic mass is 10.1. The van der Waals surface area contributed by atoms with E-state index in [1.807, 2.05) is 37.3 Å². The van der Waals surface area contributed by atoms with E-state index in [0.29, 0.717) is 12.2 Å². The Hall–Kier alpha value is -1.91. The third-order valence-corrected chi connectivity index (χ3v) is 2.99. The first-order valence-corrected chi connectivity index (χ1v) is 6.25. The molecule has 0 aliphatic rings. The topological polar surface area (TPSA) is 65.4 Å². The van der Waals surface area contributed by atoms with Gasteiger partial charge in [0, 0.05) is 12.2 Å². The van der Waals surface area contributed by atoms with Crippen LogP contribution in [-0.2, 0) is 6.54 Å². The van der Waals surface area contributed by atoms with E-state index in [0.717, 1.165) is 11.3 Å². The second-order valence-electron chi connectivity index (χ2n) is 4.45. The van der Waals surface area contributed by atoms with E-state index in [9.17, 15) is 10.2 Å². The molecule has 2 rings (SSSR count). The summed E-state index contributed by atoms with van der Waals surface area (Å²) in [6, 6.07) is 12.9. The third kappa shape index (κ3) is 3.53. The van der Waals surface area contributed by atoms with Crippen LogP contribution >= 0.6 is 0 Å². The number of aromatic nitrogens is 1. The van der Waals surface area contributed by atoms with Crippen LogP contribution < -0.4 is 5.32 Å². The normalized spacial score (nSPS) is 12.3. The predicted octanol–water partition coefficient (Wildman–Crippen LogP) is 1.92. The molecule has 1 aromatic carbocycles. The lowest BCUT2D eigenvalue weighted by molar-refractivity contribution is 0.243. The van der Waals surface area contributed by atoms with Gasteiger partial charge in [-0.15, -0.1) is 0 Å². The number of aliphatic hydroxyl groups excluding tert-OH is 1. The Kier molecular flexibility index (Phi) is 4.49. The summed E-state index contributed by atoms with van der Waals surface area (Å²) >= 11 is 0. The maximum absolute atomic E-state index is 9.73. The molecule has 1 unspecified atom stereocenters. The van der Waals surface area contributed by atoms with Gasteiger partial charge in [-0.25, -0.2) is 0 Å². The summed E-state index contributed by atoms with van der Waals surface area (Å²) in [6.45, 7) is 2.29. The van der Waals surface area contributed by atoms with Gasteiger partial charge in [0.05, 0.1) is 18.3 Å². The number of aromatic hydroxyl groups is 1. The number of aliphatic hydroxyl groups is 1. The van der Waals surface area contributed by atoms with Crippen molar-refractivity contribution in [2.45, 2.75) is 19.5 Å². The average molecular weight is 258 g/mol. The highest BCUT2D eigenvalue weighted by Gasteiger charge is 2.11. The summed E-state index contributed by atoms with van der Waals surface area (Å²) in [5.74, 6) is 0.169. The zero-order chi connectivity index (χ0) is 13.7. The van der Waals surface area contributed by atoms with Crippen LogP contribution in [0, 0.1) is 6.92 Å². The number of hydrogen-bond acceptors (Lipinski definition) is 4. The molecule has 0 aliphatic carbocycles. The van der Waals surface area contributed by atoms with Gasteiger partial charge in [0.15, 0.2) is 0 Å². The van der Waals surface area contributed by atoms with E-state index in [4.69, 9.17) is 0 Å². The van der Waals surface area contributed by atoms with Crippen LogP contribution in [0.2, 0.25) is 0 Å². The van der Waals surface area contributed by atoms with Gasteiger partial charge in [0.25, 0.3) is 0 Å². The van der Waals surface area contributed by atoms with Crippen LogP contribution in [0.4, 0.5) is 0 Å². The van der Waals surface area contributed by atoms with Crippen molar-refractivity contribution in [2.75, 3.05) is 6.61 Å². The Bertz CT molecular complexity index is 529. The minimum absolute atomic E-state index is 0.00338. The molecule has 0 saturated carbocycles. The molecular weight excluding hydrogens is 240 g/mol. The van der Waals surface area contributed by atoms with E-state index in [1.165, 1.54) is 0 Å². The van der Waals surface area contributed by atoms with Gasteiger partial charge in [-0.2, -0.15) is 0 Å². The first-order chi connectivity index (χ1) is 9.20. The fraction of sp³-hybridized carbons (Fsp3) is 0.267. The molecule has 0 bridgehead atoms. The molecule has 4 nitrogen and oxygen atoms in total. The molecule has 1 atom stereocenters. The first kappa shape index (κ1) is 13.5. The highest BCUT2D eigenvalue weighted by Crippen LogP contribution is 2.17. The Morgan fingerprint density at radius 2 is 1.89 bits per heavy atom. The molecule has 0 saturated heterocycles. The van der Waals surface area contributed by atoms with Crippen LogP contribution in [0.25, 0.3) is 0 Å². The SMILES string of the molecule is Cc1ccc(O)c(CNC(CO)c2ccccc2)n1. The standard InChI is InChI=1S/C15H18N2O2/c1-11-7-8-15(19)13(17-11)9-16-14(10-18)12-5-3-2-4-6-12/h2-8,14,16,18-19H,9-10H2,1H3. The number of pyridine rings is 1. The fourth-order valence-electron chi connectivity index (χ4n) is 1.93. The molecule has 0 fully saturated rings. The van der Waals surface area contributed by atoms with Crippen LogP contribution in [0.15, 0.2) is 42.5 Å². The summed E-state index contributed by atoms with van der Waals surface area (Å²) in [7, 11) is 0. The molecule has 0 aliphatic heterocycles. The lowest BCUT2D eigenvalue weighted by Gasteiger charge is -2.17. The molecular formula is C15H18N2O2. The smallest absolute Gasteiger partial charge is 0.138 e. The highest BCUT2D eigenvalue weighted by molar-refractivity contribution is 5.28. The zero-order valence-corrected chi connectivity index (χ0v) is 10.9. The summed E-state index contributed by atoms with van der Waals surface area (Å²) in [5.41, 5.74) is 2.46. The number of nitrogens with zero attached hydrogens (tertiary/aromatic N) is 1. The van der Waals surface area contributed by atoms with Gasteiger partial charge in [-0.05, 0) is 24.6 Å². The Morgan fingerprint density at radius 3 is 2.58 bits per heavy atom. The summed E-state index contributed by atoms with van der Waals surface area (Å²) in [4.78, 5) is 4.28. The highest BCUT2D eigenvalue weighted by atomic mass is 16.3. The monoisotopic (exact) mass is 258 g/mol. The molecule has 0 radical (unpaired) electrons. The summed E-state index contributed by atoms with van der Waals surface area (Å²) in [5, 5.41) is 22.4. The maximum atomic E-state index is 9.73. The zero-order valence-electron chi connectivity index (χ0n) is 10.9. The Morgan fingerprint density at radius 1 is 1.16 bits per heavy atom. The van der Waals surface area contributed by atoms with E-state index in [1.54, 1.807) is 12.1 Å². The van der Waals surface area contributed by atoms with Crippen molar-refractivity contribution in [3.63, 3.8) is 0 Å². The minimum Gasteiger partial charge on any atom is -0.506 e. The molecule has 0 spiro atoms. The first-order valence-electron chi connectivity index (χ1n) is 6.25. The minimum atomic E-state index is -0.164. The van der Waals surface area contributed by atoms with Crippen molar-refractivity contribution < 1.29 is 10.2 Å². The third-order valence-electron chi connectivity index (χ3n) is 2.99. The van der Waals surface area contributed by atoms with Crippen LogP contribution in [0.1, 0.15) is 23.0 Å². The van der Waals surface area contributed by atoms with Gasteiger partial charge in [0.1, 0.15) is 5.75 Å². The van der Waals surface area contributed by atoms with Gasteiger partial charge in [0.2, 0.25) is 0 Å². The van der Waals surface area contributed by atoms with Crippen molar-refractivity contribution in [2.24, 2.45) is 0 Å². The molecule has 0 amide bonds. The van der Waals surface area contributed by atoms with Crippen LogP contribution in [0.5, 0.6) is 5.75 Å². The van der Waals surface area contributed by atoms with Gasteiger partial charge in [-0.3, -0.25) is 4.98 Å². The number of hydrogen-bond donors (Lipinski definition) is 3. The van der Waals surface area contributed by atoms with Crippen LogP contribution in [0.3, 0.4) is 0 Å². The molecule has 1 heterocycles. The lowest BCUT2D eigenvalue weighted by Crippen LogP contribution is -2.24. The summed E-state index contributed by atoms with van der Waals surface area (Å²) < 4.78 is 0. The van der Waals surface area contributed by atoms with Gasteiger partial charge < -0.3 is 15.5 Å². The predicted molar refractivity (Wildman–Crippen MR) is 73.7 cm³/mol. The van der Waals surface area contributed by atoms with Crippen molar-refractivity contribution in [3.05, 3.63) is 59.4 Å². The van der Waals surface area contributed by atoms with Crippen molar-refractivity contribution >= 4 is 0 Å². The van der Waals surface area contributed by atoms with Gasteiger partial charge in [-0.1, -0.05) is 30.3 Å². The van der Waals surface area contributed by atoms with E-state index >= 15 is 0 Å². The van der Waals surface area contributed by atoms with E-state index in [-0.39, 0.29) is 18.4 Å². The second-order valence-corrected chi connectivity index (χ2v) is 4.45. The van der Waals surface area contributed by atoms with E-state index in [2.05, 4.69) is 10.3 Å². The fourth-order valence-corrected chi connectivity index (χ4v) is 1.93. The van der Waals surface area contributed by atoms with E-state index < -0.39 is 0 Å². The molecule has 2 aromatic rings. The van der Waals surface area contributed by atoms with Crippen LogP contribution in [-0.4, -0.2) is 21.8 Å². The van der Waals surface area contributed by atoms with Crippen molar-refractivity contribution in [1.29, 1.82) is 0 Å². The number of rotatable bonds is 5. The quantitative estimate of drug-likeness (QED) is 0.766. The molecule has 1 aromatic heterocycles. The second kappa shape index (κ2) is 6.31. The molecule has 3 N–H and O–H groups in total. The number of benzene rings is 1. The van der Waals surface area contributed by atoms with Gasteiger partial charge >= 0.3 is 0 Å². The molecule has 19 heavy (non-hydrogen) atoms.